The molecule has 3 atom stereocenters. The molecule has 0 N–H and O–H groups in total. The number of hydrogen-bond donors (Lipinski definition) is 0. The van der Waals surface area contributed by atoms with Gasteiger partial charge in [0.25, 0.3) is 0 Å². The van der Waals surface area contributed by atoms with Crippen molar-refractivity contribution in [3.8, 4) is 0 Å². The highest BCUT2D eigenvalue weighted by Crippen LogP contribution is 2.61. The molecule has 0 aromatic heterocycles. The Bertz CT molecular complexity index is 250. The predicted molar refractivity (Wildman–Crippen MR) is 44.3 cm³/mol. The molecule has 2 aliphatic rings. The summed E-state index contributed by atoms with van der Waals surface area (Å²) in [5.41, 5.74) is -1.14. The largest absolute Gasteiger partial charge is 0.467 e. The maximum Gasteiger partial charge on any atom is 0.341 e. The van der Waals surface area contributed by atoms with E-state index >= 15 is 0 Å². The minimum Gasteiger partial charge on any atom is -0.467 e. The number of methoxy groups -OCH3 is 2. The number of ether oxygens (including phenoxy) is 3. The molecule has 1 heterocycles. The number of carbonyl (C=O) groups excluding carboxylic acids is 1. The zero-order valence-electron chi connectivity index (χ0n) is 8.12. The van der Waals surface area contributed by atoms with E-state index in [2.05, 4.69) is 4.74 Å². The molecule has 2 rings (SSSR count). The third-order valence-electron chi connectivity index (χ3n) is 3.31. The van der Waals surface area contributed by atoms with Crippen LogP contribution in [-0.4, -0.2) is 37.5 Å². The molecule has 1 saturated carbocycles. The fourth-order valence-corrected chi connectivity index (χ4v) is 2.24. The molecule has 13 heavy (non-hydrogen) atoms. The minimum absolute atomic E-state index is 0.0524. The number of carbonyl (C=O) groups is 1. The van der Waals surface area contributed by atoms with Gasteiger partial charge >= 0.3 is 5.97 Å². The normalized spacial score (nSPS) is 47.2. The van der Waals surface area contributed by atoms with Crippen molar-refractivity contribution in [3.63, 3.8) is 0 Å². The summed E-state index contributed by atoms with van der Waals surface area (Å²) in [6.45, 7) is 1.77. The molecular weight excluding hydrogens is 172 g/mol. The Kier molecular flexibility index (Phi) is 1.69. The van der Waals surface area contributed by atoms with E-state index in [1.54, 1.807) is 14.0 Å². The second-order valence-corrected chi connectivity index (χ2v) is 3.78. The van der Waals surface area contributed by atoms with Gasteiger partial charge in [-0.05, 0) is 19.8 Å². The van der Waals surface area contributed by atoms with E-state index in [0.29, 0.717) is 0 Å². The smallest absolute Gasteiger partial charge is 0.341 e. The zero-order chi connectivity index (χ0) is 9.69. The first-order chi connectivity index (χ1) is 6.10. The van der Waals surface area contributed by atoms with Gasteiger partial charge in [-0.2, -0.15) is 0 Å². The van der Waals surface area contributed by atoms with Gasteiger partial charge < -0.3 is 14.2 Å². The lowest BCUT2D eigenvalue weighted by atomic mass is 9.73. The van der Waals surface area contributed by atoms with Gasteiger partial charge in [-0.25, -0.2) is 4.79 Å². The van der Waals surface area contributed by atoms with Gasteiger partial charge in [-0.15, -0.1) is 0 Å². The van der Waals surface area contributed by atoms with Crippen molar-refractivity contribution < 1.29 is 19.0 Å². The molecule has 4 nitrogen and oxygen atoms in total. The number of esters is 1. The van der Waals surface area contributed by atoms with Crippen LogP contribution < -0.4 is 0 Å². The van der Waals surface area contributed by atoms with E-state index in [0.717, 1.165) is 12.8 Å². The number of rotatable bonds is 2. The standard InChI is InChI=1S/C9H14O4/c1-8(7(10)12-3)9(13-8)5-4-6(9)11-2/h6H,4-5H2,1-3H3. The Labute approximate surface area is 77.1 Å². The van der Waals surface area contributed by atoms with Gasteiger partial charge in [0.1, 0.15) is 5.60 Å². The highest BCUT2D eigenvalue weighted by Gasteiger charge is 2.79. The van der Waals surface area contributed by atoms with Crippen LogP contribution in [0, 0.1) is 0 Å². The molecule has 1 spiro atoms. The van der Waals surface area contributed by atoms with Crippen LogP contribution in [0.4, 0.5) is 0 Å². The van der Waals surface area contributed by atoms with Crippen LogP contribution in [0.2, 0.25) is 0 Å². The summed E-state index contributed by atoms with van der Waals surface area (Å²) in [5.74, 6) is -0.297. The van der Waals surface area contributed by atoms with Crippen LogP contribution >= 0.6 is 0 Å². The Morgan fingerprint density at radius 2 is 2.23 bits per heavy atom. The van der Waals surface area contributed by atoms with E-state index in [1.165, 1.54) is 7.11 Å². The second-order valence-electron chi connectivity index (χ2n) is 3.78. The molecule has 74 valence electrons. The van der Waals surface area contributed by atoms with Crippen LogP contribution in [0.1, 0.15) is 19.8 Å². The van der Waals surface area contributed by atoms with Crippen LogP contribution in [0.3, 0.4) is 0 Å². The van der Waals surface area contributed by atoms with Crippen LogP contribution in [0.15, 0.2) is 0 Å². The van der Waals surface area contributed by atoms with Crippen molar-refractivity contribution in [1.82, 2.24) is 0 Å². The molecule has 1 saturated heterocycles. The Hall–Kier alpha value is -0.610. The third kappa shape index (κ3) is 0.849. The molecule has 0 aromatic rings. The van der Waals surface area contributed by atoms with E-state index in [-0.39, 0.29) is 17.7 Å². The lowest BCUT2D eigenvalue weighted by Crippen LogP contribution is -2.49. The molecule has 3 unspecified atom stereocenters. The molecule has 1 aliphatic heterocycles. The van der Waals surface area contributed by atoms with Crippen molar-refractivity contribution in [2.24, 2.45) is 0 Å². The van der Waals surface area contributed by atoms with Crippen LogP contribution in [0.25, 0.3) is 0 Å². The molecule has 2 fully saturated rings. The van der Waals surface area contributed by atoms with Crippen molar-refractivity contribution in [2.45, 2.75) is 37.1 Å². The minimum atomic E-state index is -0.763. The Balaban J connectivity index is 2.11. The highest BCUT2D eigenvalue weighted by molar-refractivity contribution is 5.85. The molecule has 0 radical (unpaired) electrons. The maximum atomic E-state index is 11.4. The van der Waals surface area contributed by atoms with Crippen LogP contribution in [-0.2, 0) is 19.0 Å². The maximum absolute atomic E-state index is 11.4. The average Bonchev–Trinajstić information content (AvgIpc) is 2.74. The fourth-order valence-electron chi connectivity index (χ4n) is 2.24. The SMILES string of the molecule is COC(=O)C1(C)OC12CCC2OC. The number of hydrogen-bond acceptors (Lipinski definition) is 4. The quantitative estimate of drug-likeness (QED) is 0.465. The Morgan fingerprint density at radius 3 is 2.62 bits per heavy atom. The van der Waals surface area contributed by atoms with Gasteiger partial charge in [0, 0.05) is 7.11 Å². The molecule has 1 aliphatic carbocycles. The summed E-state index contributed by atoms with van der Waals surface area (Å²) in [4.78, 5) is 11.4. The van der Waals surface area contributed by atoms with Gasteiger partial charge in [-0.1, -0.05) is 0 Å². The van der Waals surface area contributed by atoms with Crippen molar-refractivity contribution in [2.75, 3.05) is 14.2 Å². The first-order valence-electron chi connectivity index (χ1n) is 4.42. The van der Waals surface area contributed by atoms with Gasteiger partial charge in [0.2, 0.25) is 0 Å². The summed E-state index contributed by atoms with van der Waals surface area (Å²) in [5, 5.41) is 0. The monoisotopic (exact) mass is 186 g/mol. The van der Waals surface area contributed by atoms with Crippen molar-refractivity contribution in [1.29, 1.82) is 0 Å². The molecule has 0 bridgehead atoms. The summed E-state index contributed by atoms with van der Waals surface area (Å²) in [7, 11) is 3.02. The summed E-state index contributed by atoms with van der Waals surface area (Å²) >= 11 is 0. The topological polar surface area (TPSA) is 48.1 Å². The highest BCUT2D eigenvalue weighted by atomic mass is 16.7. The summed E-state index contributed by atoms with van der Waals surface area (Å²) in [6.07, 6.45) is 1.90. The third-order valence-corrected chi connectivity index (χ3v) is 3.31. The van der Waals surface area contributed by atoms with Crippen LogP contribution in [0.5, 0.6) is 0 Å². The second kappa shape index (κ2) is 2.45. The summed E-state index contributed by atoms with van der Waals surface area (Å²) < 4.78 is 15.4. The van der Waals surface area contributed by atoms with E-state index in [1.807, 2.05) is 0 Å². The fraction of sp³-hybridized carbons (Fsp3) is 0.889. The van der Waals surface area contributed by atoms with E-state index in [9.17, 15) is 4.79 Å². The first-order valence-corrected chi connectivity index (χ1v) is 4.42. The van der Waals surface area contributed by atoms with Gasteiger partial charge in [-0.3, -0.25) is 0 Å². The van der Waals surface area contributed by atoms with E-state index in [4.69, 9.17) is 9.47 Å². The summed E-state index contributed by atoms with van der Waals surface area (Å²) in [6, 6.07) is 0. The van der Waals surface area contributed by atoms with Gasteiger partial charge in [0.15, 0.2) is 5.60 Å². The zero-order valence-corrected chi connectivity index (χ0v) is 8.12. The molecule has 0 amide bonds. The lowest BCUT2D eigenvalue weighted by molar-refractivity contribution is -0.146. The molecular formula is C9H14O4. The van der Waals surface area contributed by atoms with Gasteiger partial charge in [0.05, 0.1) is 13.2 Å². The van der Waals surface area contributed by atoms with Crippen molar-refractivity contribution in [3.05, 3.63) is 0 Å². The predicted octanol–water partition coefficient (Wildman–Crippen LogP) is 0.496. The average molecular weight is 186 g/mol. The molecule has 0 aromatic carbocycles. The Morgan fingerprint density at radius 1 is 1.54 bits per heavy atom. The lowest BCUT2D eigenvalue weighted by Gasteiger charge is -2.34. The first kappa shape index (κ1) is 8.97. The van der Waals surface area contributed by atoms with E-state index < -0.39 is 5.60 Å². The van der Waals surface area contributed by atoms with Crippen molar-refractivity contribution >= 4 is 5.97 Å². The number of epoxide rings is 1. The molecule has 4 heteroatoms.